The van der Waals surface area contributed by atoms with Crippen molar-refractivity contribution in [2.24, 2.45) is 0 Å². The normalized spacial score (nSPS) is 13.1. The number of halogens is 1. The van der Waals surface area contributed by atoms with Crippen LogP contribution in [0.5, 0.6) is 0 Å². The van der Waals surface area contributed by atoms with E-state index in [0.29, 0.717) is 13.2 Å². The van der Waals surface area contributed by atoms with Crippen LogP contribution < -0.4 is 0 Å². The van der Waals surface area contributed by atoms with Crippen LogP contribution in [0.3, 0.4) is 0 Å². The molecule has 2 nitrogen and oxygen atoms in total. The summed E-state index contributed by atoms with van der Waals surface area (Å²) in [6, 6.07) is 0. The van der Waals surface area contributed by atoms with E-state index >= 15 is 0 Å². The van der Waals surface area contributed by atoms with Gasteiger partial charge in [-0.15, -0.1) is 17.7 Å². The average molecular weight is 167 g/mol. The monoisotopic (exact) mass is 166 g/mol. The van der Waals surface area contributed by atoms with Crippen molar-refractivity contribution in [3.63, 3.8) is 0 Å². The van der Waals surface area contributed by atoms with E-state index in [4.69, 9.17) is 20.2 Å². The van der Waals surface area contributed by atoms with Crippen LogP contribution in [0.25, 0.3) is 0 Å². The van der Waals surface area contributed by atoms with Crippen molar-refractivity contribution < 1.29 is 9.16 Å². The van der Waals surface area contributed by atoms with Gasteiger partial charge in [0.1, 0.15) is 0 Å². The van der Waals surface area contributed by atoms with Crippen LogP contribution >= 0.6 is 11.1 Å². The summed E-state index contributed by atoms with van der Waals surface area (Å²) in [5, 5.41) is 0. The highest BCUT2D eigenvalue weighted by Crippen LogP contribution is 1.91. The third-order valence-electron chi connectivity index (χ3n) is 0.750. The van der Waals surface area contributed by atoms with Crippen LogP contribution in [0.1, 0.15) is 0 Å². The Labute approximate surface area is 61.8 Å². The van der Waals surface area contributed by atoms with Gasteiger partial charge >= 0.3 is 0 Å². The standard InChI is InChI=1S/C5H11ClO2Si/c1-3-9(6)8-5-4-7-2/h3,9H,1,4-5H2,2H3. The maximum Gasteiger partial charge on any atom is 0.298 e. The lowest BCUT2D eigenvalue weighted by Crippen LogP contribution is -2.11. The van der Waals surface area contributed by atoms with E-state index in [9.17, 15) is 0 Å². The molecule has 0 aromatic carbocycles. The largest absolute Gasteiger partial charge is 0.400 e. The summed E-state index contributed by atoms with van der Waals surface area (Å²) in [4.78, 5) is 0. The molecule has 54 valence electrons. The second-order valence-corrected chi connectivity index (χ2v) is 4.25. The molecule has 0 aliphatic carbocycles. The SMILES string of the molecule is C=C[SiH](Cl)OCCOC. The lowest BCUT2D eigenvalue weighted by molar-refractivity contribution is 0.149. The summed E-state index contributed by atoms with van der Waals surface area (Å²) >= 11 is 5.64. The van der Waals surface area contributed by atoms with E-state index in [0.717, 1.165) is 0 Å². The van der Waals surface area contributed by atoms with Crippen LogP contribution in [0.4, 0.5) is 0 Å². The summed E-state index contributed by atoms with van der Waals surface area (Å²) in [5.74, 6) is 0. The number of hydrogen-bond donors (Lipinski definition) is 0. The highest BCUT2D eigenvalue weighted by Gasteiger charge is 1.98. The Morgan fingerprint density at radius 3 is 2.78 bits per heavy atom. The Kier molecular flexibility index (Phi) is 6.41. The van der Waals surface area contributed by atoms with Crippen LogP contribution in [0.15, 0.2) is 12.3 Å². The predicted octanol–water partition coefficient (Wildman–Crippen LogP) is 0.834. The summed E-state index contributed by atoms with van der Waals surface area (Å²) in [6.07, 6.45) is 0. The fourth-order valence-electron chi connectivity index (χ4n) is 0.312. The molecule has 0 amide bonds. The average Bonchev–Trinajstić information content (AvgIpc) is 1.89. The van der Waals surface area contributed by atoms with E-state index in [1.165, 1.54) is 0 Å². The number of rotatable bonds is 5. The van der Waals surface area contributed by atoms with Gasteiger partial charge in [-0.2, -0.15) is 0 Å². The fourth-order valence-corrected chi connectivity index (χ4v) is 1.04. The first kappa shape index (κ1) is 9.17. The van der Waals surface area contributed by atoms with Gasteiger partial charge in [0.05, 0.1) is 13.2 Å². The predicted molar refractivity (Wildman–Crippen MR) is 41.0 cm³/mol. The summed E-state index contributed by atoms with van der Waals surface area (Å²) in [7, 11) is 0.0702. The van der Waals surface area contributed by atoms with Gasteiger partial charge in [-0.3, -0.25) is 0 Å². The second kappa shape index (κ2) is 6.29. The van der Waals surface area contributed by atoms with Crippen LogP contribution in [-0.2, 0) is 9.16 Å². The molecule has 0 fully saturated rings. The molecule has 0 N–H and O–H groups in total. The zero-order valence-corrected chi connectivity index (χ0v) is 7.38. The Morgan fingerprint density at radius 1 is 1.67 bits per heavy atom. The third-order valence-corrected chi connectivity index (χ3v) is 2.59. The van der Waals surface area contributed by atoms with Gasteiger partial charge in [0.25, 0.3) is 8.35 Å². The molecule has 1 atom stereocenters. The lowest BCUT2D eigenvalue weighted by Gasteiger charge is -2.02. The van der Waals surface area contributed by atoms with Crippen LogP contribution in [0.2, 0.25) is 0 Å². The van der Waals surface area contributed by atoms with Gasteiger partial charge in [-0.05, 0) is 0 Å². The molecule has 0 rings (SSSR count). The topological polar surface area (TPSA) is 18.5 Å². The Balaban J connectivity index is 2.96. The highest BCUT2D eigenvalue weighted by molar-refractivity contribution is 7.06. The van der Waals surface area contributed by atoms with Crippen molar-refractivity contribution in [2.45, 2.75) is 0 Å². The molecule has 4 heteroatoms. The van der Waals surface area contributed by atoms with E-state index < -0.39 is 8.35 Å². The van der Waals surface area contributed by atoms with Gasteiger partial charge in [0.2, 0.25) is 0 Å². The molecule has 0 spiro atoms. The summed E-state index contributed by atoms with van der Waals surface area (Å²) < 4.78 is 9.83. The highest BCUT2D eigenvalue weighted by atomic mass is 35.6. The van der Waals surface area contributed by atoms with Crippen molar-refractivity contribution >= 4 is 19.4 Å². The minimum atomic E-state index is -1.56. The zero-order valence-electron chi connectivity index (χ0n) is 5.47. The van der Waals surface area contributed by atoms with Gasteiger partial charge in [-0.1, -0.05) is 5.70 Å². The molecular formula is C5H11ClO2Si. The fraction of sp³-hybridized carbons (Fsp3) is 0.600. The van der Waals surface area contributed by atoms with Gasteiger partial charge in [0, 0.05) is 7.11 Å². The molecule has 0 aliphatic heterocycles. The van der Waals surface area contributed by atoms with E-state index in [-0.39, 0.29) is 0 Å². The van der Waals surface area contributed by atoms with Crippen molar-refractivity contribution in [1.29, 1.82) is 0 Å². The van der Waals surface area contributed by atoms with Crippen molar-refractivity contribution in [3.8, 4) is 0 Å². The quantitative estimate of drug-likeness (QED) is 0.342. The molecular weight excluding hydrogens is 156 g/mol. The first-order valence-corrected chi connectivity index (χ1v) is 5.56. The molecule has 0 aliphatic rings. The summed E-state index contributed by atoms with van der Waals surface area (Å²) in [5.41, 5.74) is 1.66. The molecule has 0 aromatic heterocycles. The Hall–Kier alpha value is 0.167. The molecule has 1 unspecified atom stereocenters. The number of hydrogen-bond acceptors (Lipinski definition) is 2. The van der Waals surface area contributed by atoms with Crippen LogP contribution in [-0.4, -0.2) is 28.7 Å². The maximum absolute atomic E-state index is 5.64. The summed E-state index contributed by atoms with van der Waals surface area (Å²) in [6.45, 7) is 4.68. The Bertz CT molecular complexity index is 79.4. The molecule has 0 heterocycles. The molecule has 0 aromatic rings. The number of ether oxygens (including phenoxy) is 1. The lowest BCUT2D eigenvalue weighted by atomic mass is 10.8. The molecule has 0 bridgehead atoms. The minimum Gasteiger partial charge on any atom is -0.400 e. The second-order valence-electron chi connectivity index (χ2n) is 1.45. The van der Waals surface area contributed by atoms with Gasteiger partial charge < -0.3 is 9.16 Å². The van der Waals surface area contributed by atoms with Crippen LogP contribution in [0, 0.1) is 0 Å². The third kappa shape index (κ3) is 6.05. The van der Waals surface area contributed by atoms with Gasteiger partial charge in [0.15, 0.2) is 0 Å². The van der Waals surface area contributed by atoms with Crippen molar-refractivity contribution in [2.75, 3.05) is 20.3 Å². The molecule has 0 saturated heterocycles. The first-order valence-electron chi connectivity index (χ1n) is 2.68. The smallest absolute Gasteiger partial charge is 0.298 e. The Morgan fingerprint density at radius 2 is 2.33 bits per heavy atom. The minimum absolute atomic E-state index is 0.572. The maximum atomic E-state index is 5.64. The van der Waals surface area contributed by atoms with E-state index in [1.54, 1.807) is 12.8 Å². The first-order chi connectivity index (χ1) is 4.31. The zero-order chi connectivity index (χ0) is 7.11. The molecule has 9 heavy (non-hydrogen) atoms. The number of methoxy groups -OCH3 is 1. The van der Waals surface area contributed by atoms with Gasteiger partial charge in [-0.25, -0.2) is 0 Å². The van der Waals surface area contributed by atoms with Crippen molar-refractivity contribution in [3.05, 3.63) is 12.3 Å². The molecule has 0 radical (unpaired) electrons. The van der Waals surface area contributed by atoms with E-state index in [2.05, 4.69) is 6.58 Å². The van der Waals surface area contributed by atoms with Crippen molar-refractivity contribution in [1.82, 2.24) is 0 Å². The molecule has 0 saturated carbocycles. The van der Waals surface area contributed by atoms with E-state index in [1.807, 2.05) is 0 Å².